The lowest BCUT2D eigenvalue weighted by Crippen LogP contribution is -2.20. The molecule has 0 radical (unpaired) electrons. The Morgan fingerprint density at radius 2 is 2.10 bits per heavy atom. The molecule has 1 amide bonds. The Morgan fingerprint density at radius 3 is 2.71 bits per heavy atom. The van der Waals surface area contributed by atoms with E-state index < -0.39 is 0 Å². The Labute approximate surface area is 130 Å². The van der Waals surface area contributed by atoms with Gasteiger partial charge in [0, 0.05) is 18.3 Å². The third-order valence-corrected chi connectivity index (χ3v) is 3.35. The maximum absolute atomic E-state index is 12.4. The van der Waals surface area contributed by atoms with Gasteiger partial charge in [0.2, 0.25) is 0 Å². The van der Waals surface area contributed by atoms with Gasteiger partial charge >= 0.3 is 0 Å². The minimum absolute atomic E-state index is 0.107. The molecule has 0 aromatic carbocycles. The fourth-order valence-electron chi connectivity index (χ4n) is 1.61. The van der Waals surface area contributed by atoms with Gasteiger partial charge in [0.05, 0.1) is 22.0 Å². The number of hydrogen-bond donors (Lipinski definition) is 3. The largest absolute Gasteiger partial charge is 0.321 e. The zero-order valence-electron chi connectivity index (χ0n) is 11.6. The van der Waals surface area contributed by atoms with Gasteiger partial charge < -0.3 is 10.7 Å². The highest BCUT2D eigenvalue weighted by molar-refractivity contribution is 9.10. The van der Waals surface area contributed by atoms with E-state index in [1.165, 1.54) is 6.20 Å². The van der Waals surface area contributed by atoms with E-state index >= 15 is 0 Å². The first-order valence-corrected chi connectivity index (χ1v) is 7.06. The molecule has 0 fully saturated rings. The van der Waals surface area contributed by atoms with E-state index in [1.807, 2.05) is 13.8 Å². The molecule has 0 unspecified atom stereocenters. The number of pyridine rings is 1. The Morgan fingerprint density at radius 1 is 1.33 bits per heavy atom. The molecular weight excluding hydrogens is 336 g/mol. The van der Waals surface area contributed by atoms with Crippen LogP contribution in [0.3, 0.4) is 0 Å². The van der Waals surface area contributed by atoms with Crippen molar-refractivity contribution in [3.8, 4) is 0 Å². The SMILES string of the molecule is CC(C)c1ncc(NN)c(C(=O)Nc2ccncc2Br)n1. The molecule has 0 aliphatic carbocycles. The number of amides is 1. The summed E-state index contributed by atoms with van der Waals surface area (Å²) in [6, 6.07) is 1.68. The van der Waals surface area contributed by atoms with Crippen molar-refractivity contribution in [3.05, 3.63) is 40.6 Å². The first kappa shape index (κ1) is 15.3. The van der Waals surface area contributed by atoms with E-state index in [0.717, 1.165) is 0 Å². The van der Waals surface area contributed by atoms with Crippen molar-refractivity contribution in [1.82, 2.24) is 15.0 Å². The molecule has 0 spiro atoms. The minimum Gasteiger partial charge on any atom is -0.321 e. The average Bonchev–Trinajstić information content (AvgIpc) is 2.48. The molecule has 21 heavy (non-hydrogen) atoms. The monoisotopic (exact) mass is 350 g/mol. The number of anilines is 2. The number of halogens is 1. The van der Waals surface area contributed by atoms with Crippen molar-refractivity contribution in [2.24, 2.45) is 5.84 Å². The quantitative estimate of drug-likeness (QED) is 0.577. The minimum atomic E-state index is -0.376. The Kier molecular flexibility index (Phi) is 4.81. The predicted octanol–water partition coefficient (Wildman–Crippen LogP) is 2.30. The maximum atomic E-state index is 12.4. The molecule has 7 nitrogen and oxygen atoms in total. The first-order valence-electron chi connectivity index (χ1n) is 6.27. The molecule has 0 saturated carbocycles. The van der Waals surface area contributed by atoms with Gasteiger partial charge in [-0.25, -0.2) is 9.97 Å². The number of nitrogens with zero attached hydrogens (tertiary/aromatic N) is 3. The highest BCUT2D eigenvalue weighted by atomic mass is 79.9. The molecule has 2 aromatic rings. The standard InChI is InChI=1S/C13H15BrN6O/c1-7(2)12-17-6-10(20-15)11(19-12)13(21)18-9-3-4-16-5-8(9)14/h3-7,20H,15H2,1-2H3,(H,16,18,21). The summed E-state index contributed by atoms with van der Waals surface area (Å²) in [7, 11) is 0. The second kappa shape index (κ2) is 6.59. The summed E-state index contributed by atoms with van der Waals surface area (Å²) in [5.74, 6) is 5.72. The van der Waals surface area contributed by atoms with Crippen molar-refractivity contribution in [2.75, 3.05) is 10.7 Å². The summed E-state index contributed by atoms with van der Waals surface area (Å²) in [5, 5.41) is 2.76. The van der Waals surface area contributed by atoms with Crippen LogP contribution in [0.5, 0.6) is 0 Å². The van der Waals surface area contributed by atoms with Crippen LogP contribution < -0.4 is 16.6 Å². The van der Waals surface area contributed by atoms with Gasteiger partial charge in [0.15, 0.2) is 5.69 Å². The number of hydrogen-bond acceptors (Lipinski definition) is 6. The van der Waals surface area contributed by atoms with Gasteiger partial charge in [-0.1, -0.05) is 13.8 Å². The van der Waals surface area contributed by atoms with Crippen LogP contribution in [0, 0.1) is 0 Å². The van der Waals surface area contributed by atoms with Crippen LogP contribution in [0.25, 0.3) is 0 Å². The number of carbonyl (C=O) groups is 1. The van der Waals surface area contributed by atoms with E-state index in [0.29, 0.717) is 21.7 Å². The third kappa shape index (κ3) is 3.53. The van der Waals surface area contributed by atoms with Gasteiger partial charge in [-0.15, -0.1) is 0 Å². The lowest BCUT2D eigenvalue weighted by molar-refractivity contribution is 0.102. The molecule has 2 heterocycles. The summed E-state index contributed by atoms with van der Waals surface area (Å²) >= 11 is 3.32. The Bertz CT molecular complexity index is 661. The maximum Gasteiger partial charge on any atom is 0.276 e. The number of carbonyl (C=O) groups excluding carboxylic acids is 1. The van der Waals surface area contributed by atoms with Crippen LogP contribution in [-0.4, -0.2) is 20.9 Å². The highest BCUT2D eigenvalue weighted by Gasteiger charge is 2.17. The Hall–Kier alpha value is -2.06. The van der Waals surface area contributed by atoms with Crippen LogP contribution in [0.1, 0.15) is 36.1 Å². The average molecular weight is 351 g/mol. The smallest absolute Gasteiger partial charge is 0.276 e. The van der Waals surface area contributed by atoms with Gasteiger partial charge in [-0.05, 0) is 22.0 Å². The van der Waals surface area contributed by atoms with E-state index in [2.05, 4.69) is 41.6 Å². The van der Waals surface area contributed by atoms with Crippen LogP contribution >= 0.6 is 15.9 Å². The lowest BCUT2D eigenvalue weighted by atomic mass is 10.2. The second-order valence-corrected chi connectivity index (χ2v) is 5.45. The molecule has 4 N–H and O–H groups in total. The fourth-order valence-corrected chi connectivity index (χ4v) is 1.96. The molecule has 0 bridgehead atoms. The van der Waals surface area contributed by atoms with Gasteiger partial charge in [-0.3, -0.25) is 15.6 Å². The van der Waals surface area contributed by atoms with Crippen LogP contribution in [0.15, 0.2) is 29.1 Å². The molecule has 0 atom stereocenters. The molecule has 0 aliphatic rings. The summed E-state index contributed by atoms with van der Waals surface area (Å²) in [6.07, 6.45) is 4.68. The normalized spacial score (nSPS) is 10.5. The Balaban J connectivity index is 2.34. The molecule has 8 heteroatoms. The fraction of sp³-hybridized carbons (Fsp3) is 0.231. The van der Waals surface area contributed by atoms with Crippen molar-refractivity contribution < 1.29 is 4.79 Å². The third-order valence-electron chi connectivity index (χ3n) is 2.72. The molecule has 0 saturated heterocycles. The molecular formula is C13H15BrN6O. The number of nitrogen functional groups attached to an aromatic ring is 1. The van der Waals surface area contributed by atoms with Crippen molar-refractivity contribution in [2.45, 2.75) is 19.8 Å². The van der Waals surface area contributed by atoms with E-state index in [-0.39, 0.29) is 17.5 Å². The van der Waals surface area contributed by atoms with Crippen LogP contribution in [0.2, 0.25) is 0 Å². The van der Waals surface area contributed by atoms with Crippen molar-refractivity contribution in [1.29, 1.82) is 0 Å². The second-order valence-electron chi connectivity index (χ2n) is 4.60. The van der Waals surface area contributed by atoms with Crippen LogP contribution in [-0.2, 0) is 0 Å². The zero-order chi connectivity index (χ0) is 15.4. The summed E-state index contributed by atoms with van der Waals surface area (Å²) in [4.78, 5) is 24.8. The van der Waals surface area contributed by atoms with E-state index in [1.54, 1.807) is 18.5 Å². The van der Waals surface area contributed by atoms with Crippen molar-refractivity contribution in [3.63, 3.8) is 0 Å². The van der Waals surface area contributed by atoms with Crippen LogP contribution in [0.4, 0.5) is 11.4 Å². The number of rotatable bonds is 4. The molecule has 0 aliphatic heterocycles. The zero-order valence-corrected chi connectivity index (χ0v) is 13.2. The number of hydrazine groups is 1. The molecule has 2 aromatic heterocycles. The van der Waals surface area contributed by atoms with Gasteiger partial charge in [0.1, 0.15) is 5.82 Å². The van der Waals surface area contributed by atoms with Gasteiger partial charge in [0.25, 0.3) is 5.91 Å². The summed E-state index contributed by atoms with van der Waals surface area (Å²) in [6.45, 7) is 3.90. The number of nitrogens with two attached hydrogens (primary N) is 1. The van der Waals surface area contributed by atoms with Gasteiger partial charge in [-0.2, -0.15) is 0 Å². The predicted molar refractivity (Wildman–Crippen MR) is 83.8 cm³/mol. The highest BCUT2D eigenvalue weighted by Crippen LogP contribution is 2.22. The lowest BCUT2D eigenvalue weighted by Gasteiger charge is -2.12. The molecule has 110 valence electrons. The topological polar surface area (TPSA) is 106 Å². The van der Waals surface area contributed by atoms with E-state index in [9.17, 15) is 4.79 Å². The van der Waals surface area contributed by atoms with E-state index in [4.69, 9.17) is 5.84 Å². The van der Waals surface area contributed by atoms with Crippen molar-refractivity contribution >= 4 is 33.2 Å². The first-order chi connectivity index (χ1) is 10.0. The summed E-state index contributed by atoms with van der Waals surface area (Å²) in [5.41, 5.74) is 3.59. The number of aromatic nitrogens is 3. The summed E-state index contributed by atoms with van der Waals surface area (Å²) < 4.78 is 0.679. The molecule has 2 rings (SSSR count). The number of nitrogens with one attached hydrogen (secondary N) is 2.